The van der Waals surface area contributed by atoms with E-state index in [1.54, 1.807) is 12.5 Å². The van der Waals surface area contributed by atoms with Gasteiger partial charge in [-0.15, -0.1) is 0 Å². The maximum Gasteiger partial charge on any atom is 0.276 e. The van der Waals surface area contributed by atoms with Crippen LogP contribution in [0, 0.1) is 0 Å². The first-order valence-corrected chi connectivity index (χ1v) is 4.25. The monoisotopic (exact) mass is 193 g/mol. The van der Waals surface area contributed by atoms with E-state index in [4.69, 9.17) is 4.52 Å². The van der Waals surface area contributed by atoms with Gasteiger partial charge in [0.15, 0.2) is 5.82 Å². The summed E-state index contributed by atoms with van der Waals surface area (Å²) >= 11 is 0. The number of aryl methyl sites for hydroxylation is 1. The van der Waals surface area contributed by atoms with Crippen LogP contribution in [-0.2, 0) is 13.6 Å². The molecule has 0 unspecified atom stereocenters. The van der Waals surface area contributed by atoms with Gasteiger partial charge in [-0.25, -0.2) is 4.98 Å². The molecule has 0 saturated carbocycles. The highest BCUT2D eigenvalue weighted by Crippen LogP contribution is 2.14. The third-order valence-electron chi connectivity index (χ3n) is 1.84. The summed E-state index contributed by atoms with van der Waals surface area (Å²) in [6, 6.07) is 0. The Morgan fingerprint density at radius 1 is 1.57 bits per heavy atom. The molecule has 6 nitrogen and oxygen atoms in total. The first-order valence-electron chi connectivity index (χ1n) is 4.25. The number of nitrogens with one attached hydrogen (secondary N) is 1. The molecule has 0 amide bonds. The first-order chi connectivity index (χ1) is 6.81. The fourth-order valence-electron chi connectivity index (χ4n) is 1.15. The van der Waals surface area contributed by atoms with E-state index in [1.165, 1.54) is 0 Å². The Hall–Kier alpha value is -1.69. The van der Waals surface area contributed by atoms with Crippen LogP contribution in [0.1, 0.15) is 5.82 Å². The molecule has 2 aromatic heterocycles. The predicted molar refractivity (Wildman–Crippen MR) is 49.3 cm³/mol. The molecule has 2 rings (SSSR count). The van der Waals surface area contributed by atoms with Crippen LogP contribution in [0.15, 0.2) is 17.0 Å². The molecule has 0 aliphatic heterocycles. The van der Waals surface area contributed by atoms with Crippen molar-refractivity contribution in [1.82, 2.24) is 25.0 Å². The zero-order chi connectivity index (χ0) is 9.97. The fraction of sp³-hybridized carbons (Fsp3) is 0.375. The van der Waals surface area contributed by atoms with Gasteiger partial charge in [-0.3, -0.25) is 0 Å². The molecule has 14 heavy (non-hydrogen) atoms. The Kier molecular flexibility index (Phi) is 2.28. The smallest absolute Gasteiger partial charge is 0.276 e. The highest BCUT2D eigenvalue weighted by atomic mass is 16.5. The second kappa shape index (κ2) is 3.59. The topological polar surface area (TPSA) is 68.8 Å². The molecule has 0 aliphatic rings. The zero-order valence-corrected chi connectivity index (χ0v) is 8.06. The molecule has 0 fully saturated rings. The number of hydrogen-bond acceptors (Lipinski definition) is 5. The van der Waals surface area contributed by atoms with E-state index in [2.05, 4.69) is 20.4 Å². The van der Waals surface area contributed by atoms with Crippen LogP contribution >= 0.6 is 0 Å². The van der Waals surface area contributed by atoms with E-state index in [0.29, 0.717) is 18.3 Å². The van der Waals surface area contributed by atoms with E-state index >= 15 is 0 Å². The van der Waals surface area contributed by atoms with Crippen LogP contribution in [0.3, 0.4) is 0 Å². The summed E-state index contributed by atoms with van der Waals surface area (Å²) in [6.45, 7) is 0.599. The van der Waals surface area contributed by atoms with Gasteiger partial charge in [0.2, 0.25) is 0 Å². The molecule has 2 heterocycles. The molecule has 0 atom stereocenters. The molecule has 6 heteroatoms. The molecule has 2 aromatic rings. The van der Waals surface area contributed by atoms with Crippen molar-refractivity contribution in [2.24, 2.45) is 7.05 Å². The molecule has 0 saturated heterocycles. The van der Waals surface area contributed by atoms with Crippen LogP contribution < -0.4 is 5.32 Å². The van der Waals surface area contributed by atoms with Crippen molar-refractivity contribution in [2.45, 2.75) is 6.54 Å². The maximum atomic E-state index is 5.08. The Bertz CT molecular complexity index is 419. The summed E-state index contributed by atoms with van der Waals surface area (Å²) in [6.07, 6.45) is 3.38. The highest BCUT2D eigenvalue weighted by molar-refractivity contribution is 5.45. The van der Waals surface area contributed by atoms with Gasteiger partial charge in [0.05, 0.1) is 19.1 Å². The van der Waals surface area contributed by atoms with Crippen molar-refractivity contribution in [3.63, 3.8) is 0 Å². The van der Waals surface area contributed by atoms with Crippen molar-refractivity contribution in [3.8, 4) is 11.6 Å². The van der Waals surface area contributed by atoms with Crippen molar-refractivity contribution < 1.29 is 4.52 Å². The van der Waals surface area contributed by atoms with Gasteiger partial charge in [-0.1, -0.05) is 5.16 Å². The van der Waals surface area contributed by atoms with Crippen LogP contribution in [0.25, 0.3) is 11.6 Å². The molecule has 74 valence electrons. The normalized spacial score (nSPS) is 10.7. The highest BCUT2D eigenvalue weighted by Gasteiger charge is 2.10. The summed E-state index contributed by atoms with van der Waals surface area (Å²) in [5.41, 5.74) is 0.819. The van der Waals surface area contributed by atoms with Gasteiger partial charge < -0.3 is 14.4 Å². The van der Waals surface area contributed by atoms with Crippen LogP contribution in [0.5, 0.6) is 0 Å². The minimum atomic E-state index is 0.496. The summed E-state index contributed by atoms with van der Waals surface area (Å²) in [5, 5.41) is 6.76. The Morgan fingerprint density at radius 3 is 3.07 bits per heavy atom. The molecule has 0 spiro atoms. The fourth-order valence-corrected chi connectivity index (χ4v) is 1.15. The standard InChI is InChI=1S/C8H11N5O/c1-9-4-7-11-8(14-12-7)6-3-10-5-13(6)2/h3,5,9H,4H2,1-2H3. The number of aromatic nitrogens is 4. The number of rotatable bonds is 3. The lowest BCUT2D eigenvalue weighted by Crippen LogP contribution is -2.06. The second-order valence-corrected chi connectivity index (χ2v) is 2.94. The number of nitrogens with zero attached hydrogens (tertiary/aromatic N) is 4. The Balaban J connectivity index is 2.29. The SMILES string of the molecule is CNCc1noc(-c2cncn2C)n1. The quantitative estimate of drug-likeness (QED) is 0.753. The van der Waals surface area contributed by atoms with Crippen molar-refractivity contribution >= 4 is 0 Å². The lowest BCUT2D eigenvalue weighted by molar-refractivity contribution is 0.418. The third-order valence-corrected chi connectivity index (χ3v) is 1.84. The Morgan fingerprint density at radius 2 is 2.43 bits per heavy atom. The average molecular weight is 193 g/mol. The van der Waals surface area contributed by atoms with E-state index in [-0.39, 0.29) is 0 Å². The van der Waals surface area contributed by atoms with Crippen molar-refractivity contribution in [1.29, 1.82) is 0 Å². The summed E-state index contributed by atoms with van der Waals surface area (Å²) in [4.78, 5) is 8.18. The summed E-state index contributed by atoms with van der Waals surface area (Å²) in [5.74, 6) is 1.14. The minimum Gasteiger partial charge on any atom is -0.332 e. The Labute approximate surface area is 81.0 Å². The summed E-state index contributed by atoms with van der Waals surface area (Å²) < 4.78 is 6.91. The predicted octanol–water partition coefficient (Wildman–Crippen LogP) is 0.190. The van der Waals surface area contributed by atoms with Gasteiger partial charge in [0.1, 0.15) is 5.69 Å². The van der Waals surface area contributed by atoms with Gasteiger partial charge in [0.25, 0.3) is 5.89 Å². The molecule has 0 bridgehead atoms. The van der Waals surface area contributed by atoms with E-state index in [9.17, 15) is 0 Å². The average Bonchev–Trinajstić information content (AvgIpc) is 2.74. The molecule has 1 N–H and O–H groups in total. The first kappa shape index (κ1) is 8.89. The largest absolute Gasteiger partial charge is 0.332 e. The van der Waals surface area contributed by atoms with E-state index < -0.39 is 0 Å². The van der Waals surface area contributed by atoms with E-state index in [0.717, 1.165) is 5.69 Å². The van der Waals surface area contributed by atoms with E-state index in [1.807, 2.05) is 18.7 Å². The second-order valence-electron chi connectivity index (χ2n) is 2.94. The molecule has 0 aromatic carbocycles. The molecule has 0 radical (unpaired) electrons. The van der Waals surface area contributed by atoms with Gasteiger partial charge in [0, 0.05) is 7.05 Å². The lowest BCUT2D eigenvalue weighted by atomic mass is 10.4. The number of hydrogen-bond donors (Lipinski definition) is 1. The molecular formula is C8H11N5O. The van der Waals surface area contributed by atoms with Gasteiger partial charge in [-0.2, -0.15) is 4.98 Å². The van der Waals surface area contributed by atoms with Gasteiger partial charge >= 0.3 is 0 Å². The van der Waals surface area contributed by atoms with Crippen LogP contribution in [0.4, 0.5) is 0 Å². The lowest BCUT2D eigenvalue weighted by Gasteiger charge is -1.92. The summed E-state index contributed by atoms with van der Waals surface area (Å²) in [7, 11) is 3.71. The van der Waals surface area contributed by atoms with Crippen LogP contribution in [0.2, 0.25) is 0 Å². The molecular weight excluding hydrogens is 182 g/mol. The molecule has 0 aliphatic carbocycles. The number of imidazole rings is 1. The van der Waals surface area contributed by atoms with Gasteiger partial charge in [-0.05, 0) is 7.05 Å². The van der Waals surface area contributed by atoms with Crippen molar-refractivity contribution in [2.75, 3.05) is 7.05 Å². The maximum absolute atomic E-state index is 5.08. The zero-order valence-electron chi connectivity index (χ0n) is 8.06. The third kappa shape index (κ3) is 1.51. The minimum absolute atomic E-state index is 0.496. The van der Waals surface area contributed by atoms with Crippen molar-refractivity contribution in [3.05, 3.63) is 18.3 Å². The van der Waals surface area contributed by atoms with Crippen LogP contribution in [-0.4, -0.2) is 26.7 Å².